The summed E-state index contributed by atoms with van der Waals surface area (Å²) in [5.74, 6) is 0. The molecule has 1 radical (unpaired) electrons. The first-order valence-corrected chi connectivity index (χ1v) is 2.97. The van der Waals surface area contributed by atoms with Crippen molar-refractivity contribution in [2.45, 2.75) is 20.3 Å². The van der Waals surface area contributed by atoms with E-state index in [9.17, 15) is 0 Å². The lowest BCUT2D eigenvalue weighted by Gasteiger charge is -1.77. The van der Waals surface area contributed by atoms with Crippen LogP contribution in [-0.2, 0) is 0 Å². The van der Waals surface area contributed by atoms with Gasteiger partial charge in [-0.2, -0.15) is 0 Å². The van der Waals surface area contributed by atoms with Crippen LogP contribution in [0.15, 0.2) is 24.3 Å². The van der Waals surface area contributed by atoms with Gasteiger partial charge in [0.15, 0.2) is 0 Å². The Labute approximate surface area is 51.9 Å². The normalized spacial score (nSPS) is 11.8. The summed E-state index contributed by atoms with van der Waals surface area (Å²) in [7, 11) is 0. The molecule has 0 bridgehead atoms. The minimum atomic E-state index is 1.06. The van der Waals surface area contributed by atoms with Crippen molar-refractivity contribution in [2.24, 2.45) is 0 Å². The summed E-state index contributed by atoms with van der Waals surface area (Å²) < 4.78 is 0. The fourth-order valence-corrected chi connectivity index (χ4v) is 0.429. The van der Waals surface area contributed by atoms with Crippen molar-refractivity contribution in [2.75, 3.05) is 0 Å². The largest absolute Gasteiger partial charge is 0.0914 e. The third-order valence-electron chi connectivity index (χ3n) is 0.836. The van der Waals surface area contributed by atoms with Crippen molar-refractivity contribution in [3.8, 4) is 0 Å². The summed E-state index contributed by atoms with van der Waals surface area (Å²) in [6.07, 6.45) is 11.4. The summed E-state index contributed by atoms with van der Waals surface area (Å²) in [5, 5.41) is 0. The van der Waals surface area contributed by atoms with Crippen molar-refractivity contribution in [3.05, 3.63) is 30.7 Å². The van der Waals surface area contributed by atoms with Gasteiger partial charge >= 0.3 is 0 Å². The van der Waals surface area contributed by atoms with Crippen LogP contribution in [0.4, 0.5) is 0 Å². The summed E-state index contributed by atoms with van der Waals surface area (Å²) in [4.78, 5) is 0. The summed E-state index contributed by atoms with van der Waals surface area (Å²) in [6, 6.07) is 0. The third-order valence-corrected chi connectivity index (χ3v) is 0.836. The molecule has 0 aliphatic rings. The maximum atomic E-state index is 2.12. The van der Waals surface area contributed by atoms with Gasteiger partial charge in [-0.3, -0.25) is 0 Å². The Morgan fingerprint density at radius 2 is 1.88 bits per heavy atom. The van der Waals surface area contributed by atoms with Gasteiger partial charge in [-0.05, 0) is 19.8 Å². The predicted molar refractivity (Wildman–Crippen MR) is 38.5 cm³/mol. The highest BCUT2D eigenvalue weighted by atomic mass is 13.7. The van der Waals surface area contributed by atoms with Gasteiger partial charge in [0.2, 0.25) is 0 Å². The third kappa shape index (κ3) is 5.48. The highest BCUT2D eigenvalue weighted by Gasteiger charge is 1.65. The molecule has 0 heteroatoms. The van der Waals surface area contributed by atoms with Gasteiger partial charge in [0.1, 0.15) is 0 Å². The second kappa shape index (κ2) is 6.48. The Morgan fingerprint density at radius 1 is 1.12 bits per heavy atom. The molecule has 0 aromatic rings. The Balaban J connectivity index is 3.03. The van der Waals surface area contributed by atoms with Crippen LogP contribution in [0, 0.1) is 6.42 Å². The molecule has 0 atom stereocenters. The number of hydrogen-bond donors (Lipinski definition) is 0. The molecule has 0 saturated heterocycles. The SMILES string of the molecule is C[CH]C=CC/C=C/C. The smallest absolute Gasteiger partial charge is 0.0169 e. The molecule has 0 amide bonds. The fraction of sp³-hybridized carbons (Fsp3) is 0.375. The Bertz CT molecular complexity index is 78.0. The van der Waals surface area contributed by atoms with Gasteiger partial charge in [0.25, 0.3) is 0 Å². The molecular weight excluding hydrogens is 96.1 g/mol. The number of allylic oxidation sites excluding steroid dienone is 4. The van der Waals surface area contributed by atoms with Crippen LogP contribution in [0.25, 0.3) is 0 Å². The van der Waals surface area contributed by atoms with Crippen molar-refractivity contribution in [3.63, 3.8) is 0 Å². The number of hydrogen-bond acceptors (Lipinski definition) is 0. The van der Waals surface area contributed by atoms with Crippen molar-refractivity contribution >= 4 is 0 Å². The van der Waals surface area contributed by atoms with E-state index >= 15 is 0 Å². The van der Waals surface area contributed by atoms with Crippen molar-refractivity contribution in [1.82, 2.24) is 0 Å². The summed E-state index contributed by atoms with van der Waals surface area (Å²) in [6.45, 7) is 4.05. The number of rotatable bonds is 3. The summed E-state index contributed by atoms with van der Waals surface area (Å²) in [5.41, 5.74) is 0. The van der Waals surface area contributed by atoms with Crippen LogP contribution in [0.2, 0.25) is 0 Å². The molecule has 0 aromatic heterocycles. The first-order chi connectivity index (χ1) is 3.91. The Kier molecular flexibility index (Phi) is 6.06. The highest BCUT2D eigenvalue weighted by molar-refractivity contribution is 4.96. The van der Waals surface area contributed by atoms with E-state index in [1.807, 2.05) is 20.3 Å². The molecule has 0 unspecified atom stereocenters. The molecule has 0 fully saturated rings. The molecule has 0 nitrogen and oxygen atoms in total. The van der Waals surface area contributed by atoms with Gasteiger partial charge in [-0.1, -0.05) is 31.2 Å². The molecule has 0 aliphatic heterocycles. The second-order valence-corrected chi connectivity index (χ2v) is 1.57. The molecule has 8 heavy (non-hydrogen) atoms. The molecule has 0 aromatic carbocycles. The Hall–Kier alpha value is -0.520. The van der Waals surface area contributed by atoms with Crippen molar-refractivity contribution < 1.29 is 0 Å². The quantitative estimate of drug-likeness (QED) is 0.489. The van der Waals surface area contributed by atoms with E-state index < -0.39 is 0 Å². The van der Waals surface area contributed by atoms with Gasteiger partial charge < -0.3 is 0 Å². The lowest BCUT2D eigenvalue weighted by Crippen LogP contribution is -1.56. The maximum absolute atomic E-state index is 2.12. The molecule has 0 heterocycles. The Morgan fingerprint density at radius 3 is 2.38 bits per heavy atom. The van der Waals surface area contributed by atoms with Crippen LogP contribution in [0.5, 0.6) is 0 Å². The molecule has 0 N–H and O–H groups in total. The van der Waals surface area contributed by atoms with Crippen LogP contribution in [0.1, 0.15) is 20.3 Å². The van der Waals surface area contributed by atoms with Crippen LogP contribution in [0.3, 0.4) is 0 Å². The molecule has 0 rings (SSSR count). The lowest BCUT2D eigenvalue weighted by molar-refractivity contribution is 1.36. The van der Waals surface area contributed by atoms with E-state index in [-0.39, 0.29) is 0 Å². The summed E-state index contributed by atoms with van der Waals surface area (Å²) >= 11 is 0. The topological polar surface area (TPSA) is 0 Å². The monoisotopic (exact) mass is 109 g/mol. The van der Waals surface area contributed by atoms with Crippen molar-refractivity contribution in [1.29, 1.82) is 0 Å². The fourth-order valence-electron chi connectivity index (χ4n) is 0.429. The first kappa shape index (κ1) is 7.48. The van der Waals surface area contributed by atoms with E-state index in [0.29, 0.717) is 0 Å². The highest BCUT2D eigenvalue weighted by Crippen LogP contribution is 1.85. The van der Waals surface area contributed by atoms with Crippen LogP contribution in [-0.4, -0.2) is 0 Å². The van der Waals surface area contributed by atoms with Gasteiger partial charge in [-0.15, -0.1) is 0 Å². The van der Waals surface area contributed by atoms with Gasteiger partial charge in [0.05, 0.1) is 0 Å². The lowest BCUT2D eigenvalue weighted by atomic mass is 10.3. The van der Waals surface area contributed by atoms with E-state index in [1.54, 1.807) is 0 Å². The zero-order valence-corrected chi connectivity index (χ0v) is 5.59. The van der Waals surface area contributed by atoms with Crippen LogP contribution < -0.4 is 0 Å². The van der Waals surface area contributed by atoms with Gasteiger partial charge in [0, 0.05) is 0 Å². The minimum Gasteiger partial charge on any atom is -0.0914 e. The van der Waals surface area contributed by atoms with E-state index in [2.05, 4.69) is 24.3 Å². The van der Waals surface area contributed by atoms with Crippen LogP contribution >= 0.6 is 0 Å². The molecule has 0 saturated carbocycles. The second-order valence-electron chi connectivity index (χ2n) is 1.57. The van der Waals surface area contributed by atoms with E-state index in [1.165, 1.54) is 0 Å². The minimum absolute atomic E-state index is 1.06. The molecular formula is C8H13. The molecule has 45 valence electrons. The van der Waals surface area contributed by atoms with E-state index in [4.69, 9.17) is 0 Å². The zero-order valence-electron chi connectivity index (χ0n) is 5.59. The molecule has 0 aliphatic carbocycles. The van der Waals surface area contributed by atoms with E-state index in [0.717, 1.165) is 6.42 Å². The average molecular weight is 109 g/mol. The average Bonchev–Trinajstić information content (AvgIpc) is 1.81. The standard InChI is InChI=1S/C8H13/c1-3-5-7-8-6-4-2/h3-7H,8H2,1-2H3/b6-4+,7-5?. The predicted octanol–water partition coefficient (Wildman–Crippen LogP) is 2.73. The maximum Gasteiger partial charge on any atom is -0.0169 e. The first-order valence-electron chi connectivity index (χ1n) is 2.97. The van der Waals surface area contributed by atoms with Gasteiger partial charge in [-0.25, -0.2) is 0 Å². The molecule has 0 spiro atoms. The zero-order chi connectivity index (χ0) is 6.24.